The third kappa shape index (κ3) is 3.32. The molecule has 24 heavy (non-hydrogen) atoms. The Bertz CT molecular complexity index is 750. The number of fused-ring (bicyclic) bond motifs is 1. The molecule has 4 heteroatoms. The van der Waals surface area contributed by atoms with Crippen LogP contribution >= 0.6 is 0 Å². The van der Waals surface area contributed by atoms with Gasteiger partial charge in [-0.15, -0.1) is 0 Å². The highest BCUT2D eigenvalue weighted by molar-refractivity contribution is 6.02. The van der Waals surface area contributed by atoms with E-state index in [2.05, 4.69) is 24.5 Å². The first-order chi connectivity index (χ1) is 11.6. The second kappa shape index (κ2) is 6.87. The molecule has 1 atom stereocenters. The number of para-hydroxylation sites is 1. The van der Waals surface area contributed by atoms with E-state index in [0.29, 0.717) is 24.4 Å². The number of rotatable bonds is 5. The summed E-state index contributed by atoms with van der Waals surface area (Å²) in [5.41, 5.74) is 3.75. The lowest BCUT2D eigenvalue weighted by molar-refractivity contribution is -0.117. The van der Waals surface area contributed by atoms with Crippen LogP contribution in [0.25, 0.3) is 0 Å². The van der Waals surface area contributed by atoms with Crippen LogP contribution in [0.3, 0.4) is 0 Å². The van der Waals surface area contributed by atoms with Gasteiger partial charge >= 0.3 is 0 Å². The first kappa shape index (κ1) is 16.2. The summed E-state index contributed by atoms with van der Waals surface area (Å²) >= 11 is 0. The van der Waals surface area contributed by atoms with Crippen molar-refractivity contribution in [2.75, 3.05) is 11.9 Å². The molecule has 1 unspecified atom stereocenters. The molecule has 1 aliphatic heterocycles. The molecule has 3 rings (SSSR count). The van der Waals surface area contributed by atoms with E-state index in [4.69, 9.17) is 0 Å². The smallest absolute Gasteiger partial charge is 0.251 e. The summed E-state index contributed by atoms with van der Waals surface area (Å²) in [6.45, 7) is 4.72. The van der Waals surface area contributed by atoms with Crippen LogP contribution in [0.4, 0.5) is 5.69 Å². The molecule has 2 N–H and O–H groups in total. The van der Waals surface area contributed by atoms with Crippen molar-refractivity contribution in [1.29, 1.82) is 0 Å². The van der Waals surface area contributed by atoms with Crippen molar-refractivity contribution in [2.45, 2.75) is 32.1 Å². The van der Waals surface area contributed by atoms with E-state index in [1.807, 2.05) is 48.5 Å². The predicted octanol–water partition coefficient (Wildman–Crippen LogP) is 3.67. The maximum Gasteiger partial charge on any atom is 0.251 e. The molecular weight excluding hydrogens is 300 g/mol. The van der Waals surface area contributed by atoms with E-state index >= 15 is 0 Å². The Kier molecular flexibility index (Phi) is 4.65. The summed E-state index contributed by atoms with van der Waals surface area (Å²) < 4.78 is 0. The highest BCUT2D eigenvalue weighted by Crippen LogP contribution is 2.33. The van der Waals surface area contributed by atoms with Gasteiger partial charge in [0.15, 0.2) is 0 Å². The molecule has 4 nitrogen and oxygen atoms in total. The Morgan fingerprint density at radius 2 is 1.83 bits per heavy atom. The minimum absolute atomic E-state index is 0.00624. The van der Waals surface area contributed by atoms with Crippen LogP contribution in [0.5, 0.6) is 0 Å². The predicted molar refractivity (Wildman–Crippen MR) is 95.3 cm³/mol. The zero-order valence-electron chi connectivity index (χ0n) is 14.0. The molecule has 0 saturated carbocycles. The summed E-state index contributed by atoms with van der Waals surface area (Å²) in [5.74, 6) is 0.164. The molecule has 0 saturated heterocycles. The lowest BCUT2D eigenvalue weighted by Gasteiger charge is -2.11. The molecule has 2 amide bonds. The van der Waals surface area contributed by atoms with Crippen molar-refractivity contribution in [2.24, 2.45) is 0 Å². The number of anilines is 1. The van der Waals surface area contributed by atoms with Crippen LogP contribution in [0.1, 0.15) is 53.6 Å². The minimum Gasteiger partial charge on any atom is -0.352 e. The van der Waals surface area contributed by atoms with Crippen molar-refractivity contribution in [1.82, 2.24) is 5.32 Å². The molecule has 0 aliphatic carbocycles. The highest BCUT2D eigenvalue weighted by atomic mass is 16.2. The van der Waals surface area contributed by atoms with Crippen LogP contribution in [-0.2, 0) is 4.79 Å². The Morgan fingerprint density at radius 3 is 2.54 bits per heavy atom. The number of nitrogens with one attached hydrogen (secondary N) is 2. The number of carbonyl (C=O) groups excluding carboxylic acids is 2. The van der Waals surface area contributed by atoms with Crippen LogP contribution in [-0.4, -0.2) is 18.4 Å². The first-order valence-electron chi connectivity index (χ1n) is 8.34. The third-order valence-corrected chi connectivity index (χ3v) is 4.47. The van der Waals surface area contributed by atoms with E-state index in [1.54, 1.807) is 0 Å². The number of carbonyl (C=O) groups is 2. The fourth-order valence-corrected chi connectivity index (χ4v) is 3.01. The standard InChI is InChI=1S/C20H22N2O2/c1-13(2)14-7-9-15(10-8-14)19(23)21-12-11-17-16-5-3-4-6-18(16)22-20(17)24/h3-10,13,17H,11-12H2,1-2H3,(H,21,23)(H,22,24). The summed E-state index contributed by atoms with van der Waals surface area (Å²) in [6, 6.07) is 15.4. The van der Waals surface area contributed by atoms with Gasteiger partial charge in [0, 0.05) is 17.8 Å². The molecule has 0 aromatic heterocycles. The topological polar surface area (TPSA) is 58.2 Å². The second-order valence-electron chi connectivity index (χ2n) is 6.45. The largest absolute Gasteiger partial charge is 0.352 e. The Morgan fingerprint density at radius 1 is 1.12 bits per heavy atom. The molecule has 0 bridgehead atoms. The molecule has 1 aliphatic rings. The summed E-state index contributed by atoms with van der Waals surface area (Å²) in [7, 11) is 0. The Labute approximate surface area is 142 Å². The van der Waals surface area contributed by atoms with Gasteiger partial charge in [-0.1, -0.05) is 44.2 Å². The third-order valence-electron chi connectivity index (χ3n) is 4.47. The lowest BCUT2D eigenvalue weighted by atomic mass is 9.97. The van der Waals surface area contributed by atoms with E-state index in [1.165, 1.54) is 5.56 Å². The van der Waals surface area contributed by atoms with Gasteiger partial charge in [-0.05, 0) is 41.7 Å². The van der Waals surface area contributed by atoms with Crippen molar-refractivity contribution in [3.05, 3.63) is 65.2 Å². The normalized spacial score (nSPS) is 16.0. The fourth-order valence-electron chi connectivity index (χ4n) is 3.01. The van der Waals surface area contributed by atoms with Crippen LogP contribution < -0.4 is 10.6 Å². The van der Waals surface area contributed by atoms with Gasteiger partial charge in [-0.3, -0.25) is 9.59 Å². The van der Waals surface area contributed by atoms with Crippen LogP contribution in [0.2, 0.25) is 0 Å². The van der Waals surface area contributed by atoms with Gasteiger partial charge in [0.05, 0.1) is 5.92 Å². The Balaban J connectivity index is 1.56. The zero-order chi connectivity index (χ0) is 17.1. The first-order valence-corrected chi connectivity index (χ1v) is 8.34. The van der Waals surface area contributed by atoms with E-state index in [9.17, 15) is 9.59 Å². The number of benzene rings is 2. The van der Waals surface area contributed by atoms with Crippen molar-refractivity contribution in [3.63, 3.8) is 0 Å². The molecule has 0 radical (unpaired) electrons. The highest BCUT2D eigenvalue weighted by Gasteiger charge is 2.29. The molecule has 2 aromatic carbocycles. The maximum absolute atomic E-state index is 12.2. The van der Waals surface area contributed by atoms with Gasteiger partial charge in [0.2, 0.25) is 5.91 Å². The fraction of sp³-hybridized carbons (Fsp3) is 0.300. The van der Waals surface area contributed by atoms with E-state index < -0.39 is 0 Å². The SMILES string of the molecule is CC(C)c1ccc(C(=O)NCCC2C(=O)Nc3ccccc32)cc1. The zero-order valence-corrected chi connectivity index (χ0v) is 14.0. The quantitative estimate of drug-likeness (QED) is 0.882. The van der Waals surface area contributed by atoms with E-state index in [0.717, 1.165) is 11.3 Å². The monoisotopic (exact) mass is 322 g/mol. The average molecular weight is 322 g/mol. The van der Waals surface area contributed by atoms with Gasteiger partial charge in [-0.25, -0.2) is 0 Å². The Hall–Kier alpha value is -2.62. The molecule has 0 fully saturated rings. The molecule has 1 heterocycles. The average Bonchev–Trinajstić information content (AvgIpc) is 2.90. The molecular formula is C20H22N2O2. The summed E-state index contributed by atoms with van der Waals surface area (Å²) in [4.78, 5) is 24.3. The number of hydrogen-bond acceptors (Lipinski definition) is 2. The van der Waals surface area contributed by atoms with Gasteiger partial charge < -0.3 is 10.6 Å². The van der Waals surface area contributed by atoms with Gasteiger partial charge in [-0.2, -0.15) is 0 Å². The van der Waals surface area contributed by atoms with E-state index in [-0.39, 0.29) is 17.7 Å². The summed E-state index contributed by atoms with van der Waals surface area (Å²) in [6.07, 6.45) is 0.596. The molecule has 124 valence electrons. The maximum atomic E-state index is 12.2. The van der Waals surface area contributed by atoms with Gasteiger partial charge in [0.25, 0.3) is 5.91 Å². The van der Waals surface area contributed by atoms with Crippen molar-refractivity contribution < 1.29 is 9.59 Å². The minimum atomic E-state index is -0.190. The van der Waals surface area contributed by atoms with Crippen molar-refractivity contribution in [3.8, 4) is 0 Å². The van der Waals surface area contributed by atoms with Crippen LogP contribution in [0.15, 0.2) is 48.5 Å². The second-order valence-corrected chi connectivity index (χ2v) is 6.45. The van der Waals surface area contributed by atoms with Crippen LogP contribution in [0, 0.1) is 0 Å². The molecule has 2 aromatic rings. The van der Waals surface area contributed by atoms with Crippen molar-refractivity contribution >= 4 is 17.5 Å². The number of amides is 2. The summed E-state index contributed by atoms with van der Waals surface area (Å²) in [5, 5.41) is 5.79. The molecule has 0 spiro atoms. The lowest BCUT2D eigenvalue weighted by Crippen LogP contribution is -2.27. The van der Waals surface area contributed by atoms with Gasteiger partial charge in [0.1, 0.15) is 0 Å². The number of hydrogen-bond donors (Lipinski definition) is 2.